The molecule has 0 aliphatic carbocycles. The van der Waals surface area contributed by atoms with Crippen LogP contribution in [0.3, 0.4) is 0 Å². The average Bonchev–Trinajstić information content (AvgIpc) is 2.16. The van der Waals surface area contributed by atoms with Crippen LogP contribution in [0, 0.1) is 11.8 Å². The number of hydrogen-bond acceptors (Lipinski definition) is 4. The lowest BCUT2D eigenvalue weighted by atomic mass is 10.1. The highest BCUT2D eigenvalue weighted by Gasteiger charge is 2.15. The molecule has 0 heterocycles. The highest BCUT2D eigenvalue weighted by atomic mass is 16.3. The van der Waals surface area contributed by atoms with E-state index in [1.165, 1.54) is 0 Å². The molecule has 0 aliphatic heterocycles. The zero-order chi connectivity index (χ0) is 11.1. The maximum Gasteiger partial charge on any atom is 0.104 e. The number of aliphatic hydroxyl groups excluding tert-OH is 1. The molecule has 0 amide bonds. The largest absolute Gasteiger partial charge is 0.379 e. The molecular formula is C10H25N3O. The van der Waals surface area contributed by atoms with E-state index in [4.69, 9.17) is 11.5 Å². The van der Waals surface area contributed by atoms with Gasteiger partial charge in [0.2, 0.25) is 0 Å². The fourth-order valence-corrected chi connectivity index (χ4v) is 1.33. The van der Waals surface area contributed by atoms with Gasteiger partial charge in [-0.2, -0.15) is 0 Å². The fourth-order valence-electron chi connectivity index (χ4n) is 1.33. The van der Waals surface area contributed by atoms with Gasteiger partial charge in [-0.3, -0.25) is 4.90 Å². The van der Waals surface area contributed by atoms with Gasteiger partial charge in [0.05, 0.1) is 0 Å². The third-order valence-corrected chi connectivity index (χ3v) is 2.43. The summed E-state index contributed by atoms with van der Waals surface area (Å²) in [5.74, 6) is 0.823. The van der Waals surface area contributed by atoms with Gasteiger partial charge in [-0.1, -0.05) is 13.8 Å². The molecule has 0 bridgehead atoms. The Hall–Kier alpha value is -0.160. The van der Waals surface area contributed by atoms with Crippen LogP contribution in [0.4, 0.5) is 0 Å². The molecule has 5 N–H and O–H groups in total. The van der Waals surface area contributed by atoms with Gasteiger partial charge in [0.25, 0.3) is 0 Å². The lowest BCUT2D eigenvalue weighted by Gasteiger charge is -2.29. The van der Waals surface area contributed by atoms with E-state index < -0.39 is 6.23 Å². The Labute approximate surface area is 87.3 Å². The summed E-state index contributed by atoms with van der Waals surface area (Å²) in [6.45, 7) is 8.93. The molecule has 0 rings (SSSR count). The molecule has 0 fully saturated rings. The van der Waals surface area contributed by atoms with Gasteiger partial charge in [0.1, 0.15) is 6.23 Å². The van der Waals surface area contributed by atoms with E-state index in [2.05, 4.69) is 13.8 Å². The maximum absolute atomic E-state index is 9.55. The summed E-state index contributed by atoms with van der Waals surface area (Å²) in [5, 5.41) is 9.55. The Morgan fingerprint density at radius 3 is 1.57 bits per heavy atom. The molecule has 0 aromatic heterocycles. The smallest absolute Gasteiger partial charge is 0.104 e. The van der Waals surface area contributed by atoms with Crippen LogP contribution in [-0.2, 0) is 0 Å². The molecule has 86 valence electrons. The van der Waals surface area contributed by atoms with Crippen LogP contribution in [0.1, 0.15) is 20.8 Å². The molecule has 0 spiro atoms. The van der Waals surface area contributed by atoms with Crippen LogP contribution in [0.2, 0.25) is 0 Å². The van der Waals surface area contributed by atoms with Crippen molar-refractivity contribution in [3.63, 3.8) is 0 Å². The first kappa shape index (κ1) is 13.8. The third kappa shape index (κ3) is 5.54. The van der Waals surface area contributed by atoms with Crippen molar-refractivity contribution in [2.45, 2.75) is 27.0 Å². The van der Waals surface area contributed by atoms with E-state index in [9.17, 15) is 5.11 Å². The predicted octanol–water partition coefficient (Wildman–Crippen LogP) is -0.184. The van der Waals surface area contributed by atoms with Crippen molar-refractivity contribution in [3.05, 3.63) is 0 Å². The van der Waals surface area contributed by atoms with E-state index in [1.807, 2.05) is 4.90 Å². The summed E-state index contributed by atoms with van der Waals surface area (Å²) in [5.41, 5.74) is 11.1. The quantitative estimate of drug-likeness (QED) is 0.502. The van der Waals surface area contributed by atoms with Gasteiger partial charge in [-0.15, -0.1) is 0 Å². The van der Waals surface area contributed by atoms with Gasteiger partial charge in [-0.05, 0) is 31.8 Å². The molecule has 0 aliphatic rings. The Morgan fingerprint density at radius 1 is 1.00 bits per heavy atom. The number of hydrogen-bond donors (Lipinski definition) is 3. The van der Waals surface area contributed by atoms with Crippen molar-refractivity contribution >= 4 is 0 Å². The number of nitrogens with two attached hydrogens (primary N) is 2. The SMILES string of the molecule is CC(CN)CN(CC(C)CN)C(C)O. The van der Waals surface area contributed by atoms with Crippen LogP contribution >= 0.6 is 0 Å². The summed E-state index contributed by atoms with van der Waals surface area (Å²) in [6.07, 6.45) is -0.419. The highest BCUT2D eigenvalue weighted by molar-refractivity contribution is 4.67. The van der Waals surface area contributed by atoms with Crippen molar-refractivity contribution in [1.82, 2.24) is 4.90 Å². The topological polar surface area (TPSA) is 75.5 Å². The fraction of sp³-hybridized carbons (Fsp3) is 1.00. The van der Waals surface area contributed by atoms with Crippen LogP contribution in [0.15, 0.2) is 0 Å². The lowest BCUT2D eigenvalue weighted by Crippen LogP contribution is -2.41. The monoisotopic (exact) mass is 203 g/mol. The molecule has 3 atom stereocenters. The van der Waals surface area contributed by atoms with Crippen LogP contribution in [0.5, 0.6) is 0 Å². The molecule has 0 aromatic rings. The molecule has 4 heteroatoms. The van der Waals surface area contributed by atoms with Gasteiger partial charge in [0.15, 0.2) is 0 Å². The first-order valence-electron chi connectivity index (χ1n) is 5.33. The van der Waals surface area contributed by atoms with E-state index >= 15 is 0 Å². The van der Waals surface area contributed by atoms with Crippen molar-refractivity contribution in [2.75, 3.05) is 26.2 Å². The minimum atomic E-state index is -0.419. The summed E-state index contributed by atoms with van der Waals surface area (Å²) in [4.78, 5) is 2.02. The van der Waals surface area contributed by atoms with Crippen molar-refractivity contribution in [2.24, 2.45) is 23.3 Å². The standard InChI is InChI=1S/C10H25N3O/c1-8(4-11)6-13(10(3)14)7-9(2)5-12/h8-10,14H,4-7,11-12H2,1-3H3. The molecule has 0 saturated heterocycles. The van der Waals surface area contributed by atoms with Crippen LogP contribution < -0.4 is 11.5 Å². The first-order chi connectivity index (χ1) is 6.51. The summed E-state index contributed by atoms with van der Waals surface area (Å²) >= 11 is 0. The van der Waals surface area contributed by atoms with Gasteiger partial charge in [0, 0.05) is 13.1 Å². The second kappa shape index (κ2) is 7.17. The van der Waals surface area contributed by atoms with E-state index in [1.54, 1.807) is 6.92 Å². The minimum absolute atomic E-state index is 0.412. The second-order valence-electron chi connectivity index (χ2n) is 4.27. The number of rotatable bonds is 7. The second-order valence-corrected chi connectivity index (χ2v) is 4.27. The third-order valence-electron chi connectivity index (χ3n) is 2.43. The molecule has 14 heavy (non-hydrogen) atoms. The normalized spacial score (nSPS) is 18.2. The molecule has 3 unspecified atom stereocenters. The van der Waals surface area contributed by atoms with E-state index in [0.717, 1.165) is 13.1 Å². The van der Waals surface area contributed by atoms with Gasteiger partial charge in [-0.25, -0.2) is 0 Å². The molecule has 0 radical (unpaired) electrons. The Bertz CT molecular complexity index is 129. The van der Waals surface area contributed by atoms with Crippen molar-refractivity contribution in [3.8, 4) is 0 Å². The highest BCUT2D eigenvalue weighted by Crippen LogP contribution is 2.06. The number of nitrogens with zero attached hydrogens (tertiary/aromatic N) is 1. The van der Waals surface area contributed by atoms with E-state index in [-0.39, 0.29) is 0 Å². The van der Waals surface area contributed by atoms with Crippen LogP contribution in [-0.4, -0.2) is 42.4 Å². The minimum Gasteiger partial charge on any atom is -0.379 e. The Balaban J connectivity index is 4.02. The summed E-state index contributed by atoms with van der Waals surface area (Å²) in [7, 11) is 0. The number of aliphatic hydroxyl groups is 1. The van der Waals surface area contributed by atoms with Gasteiger partial charge < -0.3 is 16.6 Å². The summed E-state index contributed by atoms with van der Waals surface area (Å²) < 4.78 is 0. The van der Waals surface area contributed by atoms with Crippen molar-refractivity contribution < 1.29 is 5.11 Å². The zero-order valence-corrected chi connectivity index (χ0v) is 9.61. The molecule has 0 aromatic carbocycles. The predicted molar refractivity (Wildman–Crippen MR) is 59.7 cm³/mol. The summed E-state index contributed by atoms with van der Waals surface area (Å²) in [6, 6.07) is 0. The van der Waals surface area contributed by atoms with Gasteiger partial charge >= 0.3 is 0 Å². The average molecular weight is 203 g/mol. The molecular weight excluding hydrogens is 178 g/mol. The molecule has 4 nitrogen and oxygen atoms in total. The van der Waals surface area contributed by atoms with Crippen molar-refractivity contribution in [1.29, 1.82) is 0 Å². The Morgan fingerprint density at radius 2 is 1.36 bits per heavy atom. The Kier molecular flexibility index (Phi) is 7.09. The molecule has 0 saturated carbocycles. The zero-order valence-electron chi connectivity index (χ0n) is 9.61. The maximum atomic E-state index is 9.55. The first-order valence-corrected chi connectivity index (χ1v) is 5.33. The van der Waals surface area contributed by atoms with E-state index in [0.29, 0.717) is 24.9 Å². The lowest BCUT2D eigenvalue weighted by molar-refractivity contribution is 0.00224. The van der Waals surface area contributed by atoms with Crippen LogP contribution in [0.25, 0.3) is 0 Å².